The van der Waals surface area contributed by atoms with Crippen molar-refractivity contribution in [2.24, 2.45) is 0 Å². The van der Waals surface area contributed by atoms with Crippen molar-refractivity contribution >= 4 is 17.9 Å². The van der Waals surface area contributed by atoms with Crippen LogP contribution in [0.25, 0.3) is 0 Å². The van der Waals surface area contributed by atoms with E-state index in [1.54, 1.807) is 0 Å². The van der Waals surface area contributed by atoms with Crippen LogP contribution in [0.1, 0.15) is 19.3 Å². The number of nitrogens with zero attached hydrogens (tertiary/aromatic N) is 3. The van der Waals surface area contributed by atoms with Crippen LogP contribution in [0.2, 0.25) is 0 Å². The third-order valence-electron chi connectivity index (χ3n) is 4.09. The second-order valence-corrected chi connectivity index (χ2v) is 6.63. The molecule has 0 spiro atoms. The Labute approximate surface area is 185 Å². The van der Waals surface area contributed by atoms with Crippen LogP contribution in [-0.4, -0.2) is 116 Å². The summed E-state index contributed by atoms with van der Waals surface area (Å²) in [5.74, 6) is -3.28. The molecule has 1 rings (SSSR count). The molecule has 33 heavy (non-hydrogen) atoms. The molecule has 5 unspecified atom stereocenters. The zero-order valence-electron chi connectivity index (χ0n) is 17.0. The van der Waals surface area contributed by atoms with Crippen LogP contribution < -0.4 is 0 Å². The molecule has 0 saturated carbocycles. The van der Waals surface area contributed by atoms with E-state index in [9.17, 15) is 40.2 Å². The molecule has 0 aromatic rings. The van der Waals surface area contributed by atoms with Crippen molar-refractivity contribution in [2.45, 2.75) is 50.0 Å². The number of esters is 3. The van der Waals surface area contributed by atoms with Gasteiger partial charge in [0.05, 0.1) is 19.3 Å². The molecule has 1 saturated heterocycles. The van der Waals surface area contributed by atoms with Gasteiger partial charge in [0.15, 0.2) is 6.10 Å². The number of hydrogen-bond donors (Lipinski definition) is 5. The van der Waals surface area contributed by atoms with Gasteiger partial charge < -0.3 is 60.4 Å². The van der Waals surface area contributed by atoms with Crippen molar-refractivity contribution < 1.29 is 59.2 Å². The summed E-state index contributed by atoms with van der Waals surface area (Å²) >= 11 is 0. The average molecular weight is 486 g/mol. The lowest BCUT2D eigenvalue weighted by Gasteiger charge is -2.41. The first-order chi connectivity index (χ1) is 15.4. The third-order valence-corrected chi connectivity index (χ3v) is 4.09. The van der Waals surface area contributed by atoms with Gasteiger partial charge in [-0.3, -0.25) is 30.1 Å². The van der Waals surface area contributed by atoms with Gasteiger partial charge in [0.1, 0.15) is 24.9 Å². The van der Waals surface area contributed by atoms with Gasteiger partial charge >= 0.3 is 17.9 Å². The Hall–Kier alpha value is -2.07. The number of carbonyl (C=O) groups excluding carboxylic acids is 3. The smallest absolute Gasteiger partial charge is 0.309 e. The first-order valence-corrected chi connectivity index (χ1v) is 9.37. The highest BCUT2D eigenvalue weighted by Crippen LogP contribution is 2.26. The predicted molar refractivity (Wildman–Crippen MR) is 97.0 cm³/mol. The lowest BCUT2D eigenvalue weighted by Crippen LogP contribution is -2.61. The highest BCUT2D eigenvalue weighted by Gasteiger charge is 2.49. The van der Waals surface area contributed by atoms with Crippen LogP contribution in [-0.2, 0) is 33.3 Å². The molecule has 1 heterocycles. The maximum atomic E-state index is 11.9. The van der Waals surface area contributed by atoms with Gasteiger partial charge in [0.2, 0.25) is 6.29 Å². The molecule has 5 atom stereocenters. The minimum absolute atomic E-state index is 0.510. The Morgan fingerprint density at radius 2 is 1.21 bits per heavy atom. The fourth-order valence-corrected chi connectivity index (χ4v) is 2.47. The van der Waals surface area contributed by atoms with Gasteiger partial charge in [-0.25, -0.2) is 0 Å². The summed E-state index contributed by atoms with van der Waals surface area (Å²) in [4.78, 5) is 35.3. The fourth-order valence-electron chi connectivity index (χ4n) is 2.47. The summed E-state index contributed by atoms with van der Waals surface area (Å²) < 4.78 is 19.8. The number of carbonyl (C=O) groups is 3. The van der Waals surface area contributed by atoms with Gasteiger partial charge in [-0.15, -0.1) is 0 Å². The summed E-state index contributed by atoms with van der Waals surface area (Å²) in [5.41, 5.74) is 0. The lowest BCUT2D eigenvalue weighted by atomic mass is 9.99. The Kier molecular flexibility index (Phi) is 12.5. The molecular weight excluding hydrogens is 462 g/mol. The molecule has 0 radical (unpaired) electrons. The van der Waals surface area contributed by atoms with E-state index in [1.807, 2.05) is 0 Å². The van der Waals surface area contributed by atoms with E-state index in [0.29, 0.717) is 0 Å². The maximum Gasteiger partial charge on any atom is 0.309 e. The molecule has 1 aliphatic rings. The Morgan fingerprint density at radius 3 is 1.70 bits per heavy atom. The van der Waals surface area contributed by atoms with Crippen LogP contribution in [0.3, 0.4) is 0 Å². The molecule has 18 nitrogen and oxygen atoms in total. The molecular formula is C15H24N3O15-3. The highest BCUT2D eigenvalue weighted by atomic mass is 16.8. The SMILES string of the molecule is O=C(CCN([O-])O)OCC1OC(OC(=O)CCN([O-])O)C(OC(=O)CCN([O-])O)C(O)C1O. The Bertz CT molecular complexity index is 632. The number of rotatable bonds is 13. The molecule has 18 heteroatoms. The van der Waals surface area contributed by atoms with Crippen LogP contribution >= 0.6 is 0 Å². The standard InChI is InChI=1S/C15H24N3O15/c19-9(1-4-16(24)25)30-7-8-12(22)13(23)14(32-10(20)2-5-17(26)27)15(31-8)33-11(21)3-6-18(28)29/h8,12-15,22-24,26,28H,1-7H2/q-3. The van der Waals surface area contributed by atoms with Crippen molar-refractivity contribution in [2.75, 3.05) is 26.2 Å². The van der Waals surface area contributed by atoms with Gasteiger partial charge in [0, 0.05) is 19.6 Å². The minimum atomic E-state index is -1.95. The molecule has 1 aliphatic heterocycles. The summed E-state index contributed by atoms with van der Waals surface area (Å²) in [6.45, 7) is -2.71. The first kappa shape index (κ1) is 29.0. The van der Waals surface area contributed by atoms with Crippen molar-refractivity contribution in [3.8, 4) is 0 Å². The van der Waals surface area contributed by atoms with Gasteiger partial charge in [-0.1, -0.05) is 0 Å². The lowest BCUT2D eigenvalue weighted by molar-refractivity contribution is -0.297. The Balaban J connectivity index is 2.85. The number of hydrogen-bond acceptors (Lipinski definition) is 18. The summed E-state index contributed by atoms with van der Waals surface area (Å²) in [6.07, 6.45) is -10.9. The fraction of sp³-hybridized carbons (Fsp3) is 0.800. The number of aliphatic hydroxyl groups is 2. The quantitative estimate of drug-likeness (QED) is 0.0996. The molecule has 1 fully saturated rings. The van der Waals surface area contributed by atoms with Gasteiger partial charge in [-0.2, -0.15) is 0 Å². The largest absolute Gasteiger partial charge is 0.762 e. The normalized spacial score (nSPS) is 25.4. The zero-order chi connectivity index (χ0) is 25.1. The molecule has 0 amide bonds. The summed E-state index contributed by atoms with van der Waals surface area (Å²) in [7, 11) is 0. The molecule has 0 aliphatic carbocycles. The van der Waals surface area contributed by atoms with Crippen molar-refractivity contribution in [3.63, 3.8) is 0 Å². The molecule has 5 N–H and O–H groups in total. The van der Waals surface area contributed by atoms with Crippen molar-refractivity contribution in [1.82, 2.24) is 15.7 Å². The van der Waals surface area contributed by atoms with Crippen LogP contribution in [0.15, 0.2) is 0 Å². The zero-order valence-corrected chi connectivity index (χ0v) is 17.0. The third kappa shape index (κ3) is 11.1. The topological polar surface area (TPSA) is 268 Å². The predicted octanol–water partition coefficient (Wildman–Crippen LogP) is -2.83. The monoisotopic (exact) mass is 486 g/mol. The molecule has 0 aromatic carbocycles. The maximum absolute atomic E-state index is 11.9. The van der Waals surface area contributed by atoms with E-state index in [1.165, 1.54) is 0 Å². The number of ether oxygens (including phenoxy) is 4. The van der Waals surface area contributed by atoms with E-state index in [4.69, 9.17) is 34.6 Å². The van der Waals surface area contributed by atoms with Crippen molar-refractivity contribution in [1.29, 1.82) is 0 Å². The minimum Gasteiger partial charge on any atom is -0.762 e. The number of aliphatic hydroxyl groups excluding tert-OH is 2. The second kappa shape index (κ2) is 14.2. The summed E-state index contributed by atoms with van der Waals surface area (Å²) in [5, 5.41) is 75.9. The second-order valence-electron chi connectivity index (χ2n) is 6.63. The first-order valence-electron chi connectivity index (χ1n) is 9.37. The van der Waals surface area contributed by atoms with E-state index >= 15 is 0 Å². The molecule has 0 aromatic heterocycles. The van der Waals surface area contributed by atoms with E-state index in [-0.39, 0.29) is 0 Å². The summed E-state index contributed by atoms with van der Waals surface area (Å²) in [6, 6.07) is 0. The van der Waals surface area contributed by atoms with Crippen LogP contribution in [0.5, 0.6) is 0 Å². The molecule has 192 valence electrons. The molecule has 0 bridgehead atoms. The van der Waals surface area contributed by atoms with E-state index < -0.39 is 110 Å². The van der Waals surface area contributed by atoms with E-state index in [2.05, 4.69) is 0 Å². The Morgan fingerprint density at radius 1 is 0.758 bits per heavy atom. The average Bonchev–Trinajstić information content (AvgIpc) is 2.73. The van der Waals surface area contributed by atoms with Crippen LogP contribution in [0.4, 0.5) is 0 Å². The van der Waals surface area contributed by atoms with E-state index in [0.717, 1.165) is 0 Å². The van der Waals surface area contributed by atoms with Gasteiger partial charge in [-0.05, 0) is 0 Å². The highest BCUT2D eigenvalue weighted by molar-refractivity contribution is 5.71. The number of hydroxylamine groups is 6. The van der Waals surface area contributed by atoms with Gasteiger partial charge in [0.25, 0.3) is 0 Å². The van der Waals surface area contributed by atoms with Crippen molar-refractivity contribution in [3.05, 3.63) is 15.6 Å². The van der Waals surface area contributed by atoms with Crippen LogP contribution in [0, 0.1) is 15.6 Å².